The molecule has 0 bridgehead atoms. The van der Waals surface area contributed by atoms with Crippen molar-refractivity contribution in [2.24, 2.45) is 0 Å². The summed E-state index contributed by atoms with van der Waals surface area (Å²) in [6.07, 6.45) is 0. The highest BCUT2D eigenvalue weighted by molar-refractivity contribution is 6.33. The molecular weight excluding hydrogens is 218 g/mol. The van der Waals surface area contributed by atoms with Gasteiger partial charge in [0.15, 0.2) is 0 Å². The molecule has 0 saturated heterocycles. The van der Waals surface area contributed by atoms with Crippen molar-refractivity contribution in [3.63, 3.8) is 0 Å². The van der Waals surface area contributed by atoms with Crippen LogP contribution in [0.25, 0.3) is 0 Å². The summed E-state index contributed by atoms with van der Waals surface area (Å²) in [7, 11) is 2.67. The second-order valence-electron chi connectivity index (χ2n) is 2.64. The third kappa shape index (κ3) is 2.20. The summed E-state index contributed by atoms with van der Waals surface area (Å²) in [6, 6.07) is 4.65. The molecule has 0 amide bonds. The number of esters is 1. The van der Waals surface area contributed by atoms with Crippen LogP contribution in [0.1, 0.15) is 15.9 Å². The molecule has 1 rings (SSSR count). The Morgan fingerprint density at radius 3 is 2.60 bits per heavy atom. The van der Waals surface area contributed by atoms with E-state index in [2.05, 4.69) is 4.74 Å². The number of ether oxygens (including phenoxy) is 2. The maximum atomic E-state index is 11.2. The molecule has 0 radical (unpaired) electrons. The van der Waals surface area contributed by atoms with Crippen LogP contribution >= 0.6 is 11.6 Å². The predicted octanol–water partition coefficient (Wildman–Crippen LogP) is 2.01. The van der Waals surface area contributed by atoms with Gasteiger partial charge in [-0.25, -0.2) is 4.79 Å². The highest BCUT2D eigenvalue weighted by Gasteiger charge is 2.14. The number of rotatable bonds is 2. The zero-order valence-corrected chi connectivity index (χ0v) is 8.96. The average Bonchev–Trinajstić information content (AvgIpc) is 2.28. The molecule has 15 heavy (non-hydrogen) atoms. The zero-order chi connectivity index (χ0) is 11.4. The van der Waals surface area contributed by atoms with Crippen LogP contribution in [0.2, 0.25) is 5.02 Å². The first-order valence-corrected chi connectivity index (χ1v) is 4.37. The van der Waals surface area contributed by atoms with Gasteiger partial charge in [0.2, 0.25) is 0 Å². The van der Waals surface area contributed by atoms with Crippen molar-refractivity contribution < 1.29 is 14.3 Å². The summed E-state index contributed by atoms with van der Waals surface area (Å²) in [5, 5.41) is 8.96. The summed E-state index contributed by atoms with van der Waals surface area (Å²) in [4.78, 5) is 11.2. The second kappa shape index (κ2) is 4.67. The summed E-state index contributed by atoms with van der Waals surface area (Å²) in [5.41, 5.74) is 0.409. The molecule has 1 aromatic rings. The van der Waals surface area contributed by atoms with E-state index in [4.69, 9.17) is 21.6 Å². The number of carbonyl (C=O) groups excluding carboxylic acids is 1. The summed E-state index contributed by atoms with van der Waals surface area (Å²) >= 11 is 5.83. The van der Waals surface area contributed by atoms with Gasteiger partial charge in [-0.1, -0.05) is 11.6 Å². The molecule has 5 heteroatoms. The third-order valence-electron chi connectivity index (χ3n) is 1.80. The monoisotopic (exact) mass is 225 g/mol. The van der Waals surface area contributed by atoms with Gasteiger partial charge in [0, 0.05) is 0 Å². The topological polar surface area (TPSA) is 59.3 Å². The number of halogens is 1. The third-order valence-corrected chi connectivity index (χ3v) is 2.19. The largest absolute Gasteiger partial charge is 0.495 e. The molecule has 0 fully saturated rings. The summed E-state index contributed by atoms with van der Waals surface area (Å²) < 4.78 is 9.46. The van der Waals surface area contributed by atoms with Crippen molar-refractivity contribution >= 4 is 17.6 Å². The van der Waals surface area contributed by atoms with Crippen molar-refractivity contribution in [3.8, 4) is 11.8 Å². The van der Waals surface area contributed by atoms with Crippen LogP contribution < -0.4 is 4.74 Å². The van der Waals surface area contributed by atoms with Gasteiger partial charge in [0.1, 0.15) is 16.8 Å². The fraction of sp³-hybridized carbons (Fsp3) is 0.200. The van der Waals surface area contributed by atoms with Crippen molar-refractivity contribution in [3.05, 3.63) is 28.3 Å². The Morgan fingerprint density at radius 1 is 1.47 bits per heavy atom. The lowest BCUT2D eigenvalue weighted by molar-refractivity contribution is 0.0600. The Bertz CT molecular complexity index is 437. The van der Waals surface area contributed by atoms with E-state index in [0.717, 1.165) is 0 Å². The predicted molar refractivity (Wildman–Crippen MR) is 54.1 cm³/mol. The smallest absolute Gasteiger partial charge is 0.338 e. The van der Waals surface area contributed by atoms with E-state index in [1.807, 2.05) is 6.07 Å². The van der Waals surface area contributed by atoms with Gasteiger partial charge in [0.25, 0.3) is 0 Å². The van der Waals surface area contributed by atoms with Gasteiger partial charge in [-0.3, -0.25) is 0 Å². The van der Waals surface area contributed by atoms with E-state index in [1.165, 1.54) is 26.4 Å². The van der Waals surface area contributed by atoms with Crippen molar-refractivity contribution in [1.82, 2.24) is 0 Å². The van der Waals surface area contributed by atoms with Gasteiger partial charge in [-0.15, -0.1) is 0 Å². The molecule has 0 aliphatic heterocycles. The fourth-order valence-electron chi connectivity index (χ4n) is 1.06. The van der Waals surface area contributed by atoms with E-state index < -0.39 is 5.97 Å². The van der Waals surface area contributed by atoms with E-state index in [9.17, 15) is 4.79 Å². The standard InChI is InChI=1S/C10H8ClNO3/c1-14-8-4-6(10(13)15-2)3-7(5-12)9(8)11/h3-4H,1-2H3. The van der Waals surface area contributed by atoms with Crippen molar-refractivity contribution in [2.45, 2.75) is 0 Å². The Kier molecular flexibility index (Phi) is 3.53. The highest BCUT2D eigenvalue weighted by Crippen LogP contribution is 2.29. The normalized spacial score (nSPS) is 9.20. The zero-order valence-electron chi connectivity index (χ0n) is 8.20. The van der Waals surface area contributed by atoms with Crippen LogP contribution in [0.4, 0.5) is 0 Å². The van der Waals surface area contributed by atoms with Crippen molar-refractivity contribution in [2.75, 3.05) is 14.2 Å². The van der Waals surface area contributed by atoms with Crippen LogP contribution in [-0.2, 0) is 4.74 Å². The van der Waals surface area contributed by atoms with Crippen LogP contribution in [0.5, 0.6) is 5.75 Å². The minimum absolute atomic E-state index is 0.177. The minimum atomic E-state index is -0.540. The molecule has 0 aliphatic rings. The average molecular weight is 226 g/mol. The van der Waals surface area contributed by atoms with Gasteiger partial charge in [0.05, 0.1) is 25.3 Å². The summed E-state index contributed by atoms with van der Waals surface area (Å²) in [5.74, 6) is -0.266. The number of methoxy groups -OCH3 is 2. The quantitative estimate of drug-likeness (QED) is 0.723. The SMILES string of the molecule is COC(=O)c1cc(C#N)c(Cl)c(OC)c1. The molecule has 1 aromatic carbocycles. The molecule has 0 heterocycles. The number of nitriles is 1. The van der Waals surface area contributed by atoms with E-state index in [1.54, 1.807) is 0 Å². The lowest BCUT2D eigenvalue weighted by Gasteiger charge is -2.06. The number of hydrogen-bond donors (Lipinski definition) is 0. The Hall–Kier alpha value is -1.73. The lowest BCUT2D eigenvalue weighted by Crippen LogP contribution is -2.02. The Morgan fingerprint density at radius 2 is 2.13 bits per heavy atom. The number of hydrogen-bond acceptors (Lipinski definition) is 4. The van der Waals surface area contributed by atoms with Crippen LogP contribution in [0.3, 0.4) is 0 Å². The lowest BCUT2D eigenvalue weighted by atomic mass is 10.1. The molecule has 0 saturated carbocycles. The van der Waals surface area contributed by atoms with Crippen LogP contribution in [0, 0.1) is 11.3 Å². The van der Waals surface area contributed by atoms with Crippen LogP contribution in [-0.4, -0.2) is 20.2 Å². The molecule has 0 N–H and O–H groups in total. The highest BCUT2D eigenvalue weighted by atomic mass is 35.5. The number of nitrogens with zero attached hydrogens (tertiary/aromatic N) is 1. The molecule has 0 aliphatic carbocycles. The van der Waals surface area contributed by atoms with E-state index >= 15 is 0 Å². The molecule has 4 nitrogen and oxygen atoms in total. The maximum absolute atomic E-state index is 11.2. The first-order valence-electron chi connectivity index (χ1n) is 4.00. The van der Waals surface area contributed by atoms with Crippen LogP contribution in [0.15, 0.2) is 12.1 Å². The maximum Gasteiger partial charge on any atom is 0.338 e. The second-order valence-corrected chi connectivity index (χ2v) is 3.02. The molecule has 0 unspecified atom stereocenters. The van der Waals surface area contributed by atoms with Gasteiger partial charge in [-0.2, -0.15) is 5.26 Å². The number of carbonyl (C=O) groups is 1. The van der Waals surface area contributed by atoms with Gasteiger partial charge in [-0.05, 0) is 12.1 Å². The molecule has 0 atom stereocenters. The van der Waals surface area contributed by atoms with Gasteiger partial charge >= 0.3 is 5.97 Å². The first kappa shape index (κ1) is 11.3. The Balaban J connectivity index is 3.34. The molecule has 0 aromatic heterocycles. The van der Waals surface area contributed by atoms with E-state index in [-0.39, 0.29) is 21.9 Å². The molecule has 0 spiro atoms. The first-order chi connectivity index (χ1) is 7.13. The Labute approximate surface area is 92.0 Å². The molecule has 78 valence electrons. The molecular formula is C10H8ClNO3. The van der Waals surface area contributed by atoms with Crippen molar-refractivity contribution in [1.29, 1.82) is 5.26 Å². The minimum Gasteiger partial charge on any atom is -0.495 e. The number of benzene rings is 1. The van der Waals surface area contributed by atoms with E-state index in [0.29, 0.717) is 0 Å². The summed E-state index contributed by atoms with van der Waals surface area (Å²) in [6.45, 7) is 0. The van der Waals surface area contributed by atoms with Gasteiger partial charge < -0.3 is 9.47 Å². The fourth-order valence-corrected chi connectivity index (χ4v) is 1.29.